The maximum atomic E-state index is 12.9. The summed E-state index contributed by atoms with van der Waals surface area (Å²) in [4.78, 5) is 28.2. The van der Waals surface area contributed by atoms with Gasteiger partial charge < -0.3 is 14.7 Å². The first-order chi connectivity index (χ1) is 13.1. The molecule has 0 aliphatic carbocycles. The summed E-state index contributed by atoms with van der Waals surface area (Å²) in [6.45, 7) is 0.840. The van der Waals surface area contributed by atoms with Gasteiger partial charge in [0.1, 0.15) is 12.6 Å². The molecule has 2 atom stereocenters. The lowest BCUT2D eigenvalue weighted by molar-refractivity contribution is -0.137. The highest BCUT2D eigenvalue weighted by atomic mass is 16.6. The molecule has 142 valence electrons. The SMILES string of the molecule is CN(Cc1ccccc1)C(=O)[C@@H]1C(O)CCN1C(=O)OCc1ccccc1. The monoisotopic (exact) mass is 368 g/mol. The van der Waals surface area contributed by atoms with E-state index in [1.54, 1.807) is 7.05 Å². The van der Waals surface area contributed by atoms with Gasteiger partial charge in [-0.2, -0.15) is 0 Å². The Balaban J connectivity index is 1.63. The largest absolute Gasteiger partial charge is 0.445 e. The van der Waals surface area contributed by atoms with Crippen LogP contribution in [0.5, 0.6) is 0 Å². The Morgan fingerprint density at radius 2 is 1.67 bits per heavy atom. The van der Waals surface area contributed by atoms with E-state index in [-0.39, 0.29) is 12.5 Å². The van der Waals surface area contributed by atoms with Crippen molar-refractivity contribution in [2.45, 2.75) is 31.7 Å². The molecule has 2 aromatic rings. The number of carbonyl (C=O) groups is 2. The third-order valence-corrected chi connectivity index (χ3v) is 4.70. The highest BCUT2D eigenvalue weighted by molar-refractivity contribution is 5.86. The Bertz CT molecular complexity index is 766. The highest BCUT2D eigenvalue weighted by Crippen LogP contribution is 2.22. The number of aliphatic hydroxyl groups excluding tert-OH is 1. The molecule has 0 aromatic heterocycles. The van der Waals surface area contributed by atoms with Crippen molar-refractivity contribution in [2.75, 3.05) is 13.6 Å². The van der Waals surface area contributed by atoms with E-state index in [1.807, 2.05) is 60.7 Å². The lowest BCUT2D eigenvalue weighted by Gasteiger charge is -2.29. The van der Waals surface area contributed by atoms with Gasteiger partial charge >= 0.3 is 6.09 Å². The van der Waals surface area contributed by atoms with Gasteiger partial charge in [-0.05, 0) is 17.5 Å². The molecular weight excluding hydrogens is 344 g/mol. The second kappa shape index (κ2) is 8.68. The number of aliphatic hydroxyl groups is 1. The van der Waals surface area contributed by atoms with Crippen LogP contribution in [0.15, 0.2) is 60.7 Å². The summed E-state index contributed by atoms with van der Waals surface area (Å²) in [7, 11) is 1.67. The van der Waals surface area contributed by atoms with Gasteiger partial charge in [-0.25, -0.2) is 4.79 Å². The number of hydrogen-bond donors (Lipinski definition) is 1. The van der Waals surface area contributed by atoms with Crippen molar-refractivity contribution in [2.24, 2.45) is 0 Å². The van der Waals surface area contributed by atoms with Crippen molar-refractivity contribution in [1.29, 1.82) is 0 Å². The molecular formula is C21H24N2O4. The van der Waals surface area contributed by atoms with Gasteiger partial charge in [0.2, 0.25) is 5.91 Å². The van der Waals surface area contributed by atoms with Crippen LogP contribution in [-0.2, 0) is 22.7 Å². The van der Waals surface area contributed by atoms with Gasteiger partial charge in [0.05, 0.1) is 6.10 Å². The lowest BCUT2D eigenvalue weighted by Crippen LogP contribution is -2.50. The van der Waals surface area contributed by atoms with Crippen LogP contribution in [0.25, 0.3) is 0 Å². The van der Waals surface area contributed by atoms with Gasteiger partial charge in [-0.3, -0.25) is 9.69 Å². The zero-order valence-corrected chi connectivity index (χ0v) is 15.3. The second-order valence-electron chi connectivity index (χ2n) is 6.71. The predicted molar refractivity (Wildman–Crippen MR) is 101 cm³/mol. The topological polar surface area (TPSA) is 70.1 Å². The first-order valence-corrected chi connectivity index (χ1v) is 9.00. The molecule has 1 saturated heterocycles. The fourth-order valence-electron chi connectivity index (χ4n) is 3.24. The fourth-order valence-corrected chi connectivity index (χ4v) is 3.24. The Hall–Kier alpha value is -2.86. The molecule has 0 radical (unpaired) electrons. The molecule has 1 unspecified atom stereocenters. The Morgan fingerprint density at radius 1 is 1.07 bits per heavy atom. The van der Waals surface area contributed by atoms with Crippen LogP contribution in [0.1, 0.15) is 17.5 Å². The number of likely N-dealkylation sites (N-methyl/N-ethyl adjacent to an activating group) is 1. The fraction of sp³-hybridized carbons (Fsp3) is 0.333. The summed E-state index contributed by atoms with van der Waals surface area (Å²) in [6.07, 6.45) is -1.11. The molecule has 3 rings (SSSR count). The molecule has 0 saturated carbocycles. The Labute approximate surface area is 159 Å². The third kappa shape index (κ3) is 4.65. The minimum Gasteiger partial charge on any atom is -0.445 e. The molecule has 6 heteroatoms. The average molecular weight is 368 g/mol. The zero-order chi connectivity index (χ0) is 19.2. The Kier molecular flexibility index (Phi) is 6.08. The zero-order valence-electron chi connectivity index (χ0n) is 15.3. The van der Waals surface area contributed by atoms with E-state index in [1.165, 1.54) is 9.80 Å². The lowest BCUT2D eigenvalue weighted by atomic mass is 10.1. The molecule has 2 aromatic carbocycles. The van der Waals surface area contributed by atoms with E-state index in [9.17, 15) is 14.7 Å². The summed E-state index contributed by atoms with van der Waals surface area (Å²) in [5.41, 5.74) is 1.86. The van der Waals surface area contributed by atoms with Crippen LogP contribution in [0.3, 0.4) is 0 Å². The van der Waals surface area contributed by atoms with Crippen LogP contribution in [0.2, 0.25) is 0 Å². The molecule has 1 heterocycles. The van der Waals surface area contributed by atoms with E-state index in [0.717, 1.165) is 11.1 Å². The molecule has 1 aliphatic heterocycles. The van der Waals surface area contributed by atoms with Crippen molar-refractivity contribution in [1.82, 2.24) is 9.80 Å². The Morgan fingerprint density at radius 3 is 2.30 bits per heavy atom. The maximum Gasteiger partial charge on any atom is 0.410 e. The maximum absolute atomic E-state index is 12.9. The van der Waals surface area contributed by atoms with E-state index in [4.69, 9.17) is 4.74 Å². The molecule has 0 spiro atoms. The van der Waals surface area contributed by atoms with E-state index in [0.29, 0.717) is 19.5 Å². The average Bonchev–Trinajstić information content (AvgIpc) is 3.08. The molecule has 1 aliphatic rings. The molecule has 0 bridgehead atoms. The van der Waals surface area contributed by atoms with Crippen molar-refractivity contribution in [3.8, 4) is 0 Å². The number of carbonyl (C=O) groups excluding carboxylic acids is 2. The van der Waals surface area contributed by atoms with Gasteiger partial charge in [-0.1, -0.05) is 60.7 Å². The van der Waals surface area contributed by atoms with Gasteiger partial charge in [-0.15, -0.1) is 0 Å². The first-order valence-electron chi connectivity index (χ1n) is 9.00. The van der Waals surface area contributed by atoms with Gasteiger partial charge in [0.15, 0.2) is 0 Å². The van der Waals surface area contributed by atoms with E-state index in [2.05, 4.69) is 0 Å². The standard InChI is InChI=1S/C21H24N2O4/c1-22(14-16-8-4-2-5-9-16)20(25)19-18(24)12-13-23(19)21(26)27-15-17-10-6-3-7-11-17/h2-11,18-19,24H,12-15H2,1H3/t18?,19-/m0/s1. The van der Waals surface area contributed by atoms with Crippen molar-refractivity contribution in [3.63, 3.8) is 0 Å². The number of rotatable bonds is 5. The van der Waals surface area contributed by atoms with Crippen molar-refractivity contribution >= 4 is 12.0 Å². The highest BCUT2D eigenvalue weighted by Gasteiger charge is 2.43. The van der Waals surface area contributed by atoms with Crippen LogP contribution in [0.4, 0.5) is 4.79 Å². The summed E-state index contributed by atoms with van der Waals surface area (Å²) in [5.74, 6) is -0.291. The summed E-state index contributed by atoms with van der Waals surface area (Å²) >= 11 is 0. The van der Waals surface area contributed by atoms with Gasteiger partial charge in [0.25, 0.3) is 0 Å². The van der Waals surface area contributed by atoms with Crippen LogP contribution in [-0.4, -0.2) is 52.6 Å². The summed E-state index contributed by atoms with van der Waals surface area (Å²) in [5, 5.41) is 10.3. The number of ether oxygens (including phenoxy) is 1. The van der Waals surface area contributed by atoms with Crippen LogP contribution >= 0.6 is 0 Å². The minimum absolute atomic E-state index is 0.132. The molecule has 1 N–H and O–H groups in total. The number of nitrogens with zero attached hydrogens (tertiary/aromatic N) is 2. The minimum atomic E-state index is -0.915. The second-order valence-corrected chi connectivity index (χ2v) is 6.71. The third-order valence-electron chi connectivity index (χ3n) is 4.70. The summed E-state index contributed by atoms with van der Waals surface area (Å²) in [6, 6.07) is 18.0. The molecule has 2 amide bonds. The molecule has 1 fully saturated rings. The van der Waals surface area contributed by atoms with Gasteiger partial charge in [0, 0.05) is 20.1 Å². The first kappa shape index (κ1) is 18.9. The summed E-state index contributed by atoms with van der Waals surface area (Å²) < 4.78 is 5.34. The molecule has 27 heavy (non-hydrogen) atoms. The predicted octanol–water partition coefficient (Wildman–Crippen LogP) is 2.42. The number of hydrogen-bond acceptors (Lipinski definition) is 4. The van der Waals surface area contributed by atoms with Crippen LogP contribution < -0.4 is 0 Å². The van der Waals surface area contributed by atoms with E-state index >= 15 is 0 Å². The van der Waals surface area contributed by atoms with Crippen LogP contribution in [0, 0.1) is 0 Å². The van der Waals surface area contributed by atoms with E-state index < -0.39 is 18.2 Å². The number of benzene rings is 2. The normalized spacial score (nSPS) is 19.0. The smallest absolute Gasteiger partial charge is 0.410 e. The van der Waals surface area contributed by atoms with Crippen molar-refractivity contribution < 1.29 is 19.4 Å². The quantitative estimate of drug-likeness (QED) is 0.880. The number of amides is 2. The molecule has 6 nitrogen and oxygen atoms in total. The van der Waals surface area contributed by atoms with Crippen molar-refractivity contribution in [3.05, 3.63) is 71.8 Å². The number of likely N-dealkylation sites (tertiary alicyclic amines) is 1.